The molecule has 1 aliphatic rings. The fraction of sp³-hybridized carbons (Fsp3) is 0.294. The minimum atomic E-state index is -0.00499. The quantitative estimate of drug-likeness (QED) is 0.659. The summed E-state index contributed by atoms with van der Waals surface area (Å²) in [7, 11) is 0. The van der Waals surface area contributed by atoms with Gasteiger partial charge in [0.05, 0.1) is 5.69 Å². The Morgan fingerprint density at radius 1 is 1.16 bits per heavy atom. The van der Waals surface area contributed by atoms with Crippen LogP contribution in [-0.4, -0.2) is 56.6 Å². The van der Waals surface area contributed by atoms with E-state index in [0.29, 0.717) is 30.0 Å². The molecule has 7 nitrogen and oxygen atoms in total. The minimum Gasteiger partial charge on any atom is -0.353 e. The molecule has 0 aromatic carbocycles. The van der Waals surface area contributed by atoms with Crippen molar-refractivity contribution in [2.45, 2.75) is 6.92 Å². The molecule has 4 heterocycles. The van der Waals surface area contributed by atoms with Gasteiger partial charge in [-0.1, -0.05) is 0 Å². The molecule has 0 saturated carbocycles. The maximum Gasteiger partial charge on any atom is 0.259 e. The van der Waals surface area contributed by atoms with Gasteiger partial charge in [-0.2, -0.15) is 5.10 Å². The van der Waals surface area contributed by atoms with E-state index in [1.165, 1.54) is 0 Å². The summed E-state index contributed by atoms with van der Waals surface area (Å²) in [6.07, 6.45) is 5.29. The highest BCUT2D eigenvalue weighted by atomic mass is 79.9. The number of anilines is 1. The molecule has 25 heavy (non-hydrogen) atoms. The summed E-state index contributed by atoms with van der Waals surface area (Å²) in [6.45, 7) is 4.67. The van der Waals surface area contributed by atoms with Gasteiger partial charge in [0.2, 0.25) is 0 Å². The monoisotopic (exact) mass is 400 g/mol. The van der Waals surface area contributed by atoms with Crippen LogP contribution >= 0.6 is 15.9 Å². The van der Waals surface area contributed by atoms with Crippen LogP contribution in [0.2, 0.25) is 0 Å². The Labute approximate surface area is 153 Å². The number of halogens is 1. The number of hydrogen-bond acceptors (Lipinski definition) is 5. The molecule has 0 unspecified atom stereocenters. The SMILES string of the molecule is Cc1nn2cccnc2c1C(=O)N1CCN(c2ccc(Br)cn2)CC1. The molecule has 0 radical (unpaired) electrons. The molecule has 128 valence electrons. The number of piperazine rings is 1. The van der Waals surface area contributed by atoms with Crippen LogP contribution < -0.4 is 4.90 Å². The van der Waals surface area contributed by atoms with Crippen molar-refractivity contribution in [1.82, 2.24) is 24.5 Å². The molecule has 8 heteroatoms. The first-order chi connectivity index (χ1) is 12.1. The highest BCUT2D eigenvalue weighted by molar-refractivity contribution is 9.10. The van der Waals surface area contributed by atoms with Crippen molar-refractivity contribution < 1.29 is 4.79 Å². The van der Waals surface area contributed by atoms with Gasteiger partial charge >= 0.3 is 0 Å². The van der Waals surface area contributed by atoms with Crippen LogP contribution in [-0.2, 0) is 0 Å². The number of carbonyl (C=O) groups is 1. The standard InChI is InChI=1S/C17H17BrN6O/c1-12-15(16-19-5-2-6-24(16)21-12)17(25)23-9-7-22(8-10-23)14-4-3-13(18)11-20-14/h2-6,11H,7-10H2,1H3. The zero-order valence-corrected chi connectivity index (χ0v) is 15.3. The van der Waals surface area contributed by atoms with E-state index in [4.69, 9.17) is 0 Å². The molecule has 3 aromatic heterocycles. The van der Waals surface area contributed by atoms with Gasteiger partial charge in [0, 0.05) is 49.2 Å². The number of amides is 1. The summed E-state index contributed by atoms with van der Waals surface area (Å²) >= 11 is 3.40. The first kappa shape index (κ1) is 16.0. The average Bonchev–Trinajstić information content (AvgIpc) is 2.97. The minimum absolute atomic E-state index is 0.00499. The molecular formula is C17H17BrN6O. The van der Waals surface area contributed by atoms with Gasteiger partial charge in [-0.15, -0.1) is 0 Å². The molecule has 0 aliphatic carbocycles. The maximum absolute atomic E-state index is 13.0. The number of carbonyl (C=O) groups excluding carboxylic acids is 1. The second-order valence-corrected chi connectivity index (χ2v) is 6.88. The lowest BCUT2D eigenvalue weighted by molar-refractivity contribution is 0.0747. The summed E-state index contributed by atoms with van der Waals surface area (Å²) in [5.41, 5.74) is 1.92. The van der Waals surface area contributed by atoms with Crippen molar-refractivity contribution in [3.63, 3.8) is 0 Å². The van der Waals surface area contributed by atoms with Gasteiger partial charge in [0.15, 0.2) is 5.65 Å². The summed E-state index contributed by atoms with van der Waals surface area (Å²) in [5.74, 6) is 0.929. The zero-order chi connectivity index (χ0) is 17.4. The van der Waals surface area contributed by atoms with E-state index in [1.54, 1.807) is 23.0 Å². The van der Waals surface area contributed by atoms with Crippen LogP contribution in [0.25, 0.3) is 5.65 Å². The molecule has 0 spiro atoms. The second kappa shape index (κ2) is 6.44. The molecule has 1 amide bonds. The van der Waals surface area contributed by atoms with Crippen molar-refractivity contribution in [3.8, 4) is 0 Å². The Morgan fingerprint density at radius 3 is 2.68 bits per heavy atom. The van der Waals surface area contributed by atoms with E-state index in [0.717, 1.165) is 23.4 Å². The molecule has 0 N–H and O–H groups in total. The molecule has 1 fully saturated rings. The molecular weight excluding hydrogens is 384 g/mol. The Morgan fingerprint density at radius 2 is 1.96 bits per heavy atom. The van der Waals surface area contributed by atoms with Crippen molar-refractivity contribution >= 4 is 33.3 Å². The maximum atomic E-state index is 13.0. The van der Waals surface area contributed by atoms with E-state index < -0.39 is 0 Å². The zero-order valence-electron chi connectivity index (χ0n) is 13.8. The van der Waals surface area contributed by atoms with Crippen molar-refractivity contribution in [3.05, 3.63) is 52.5 Å². The highest BCUT2D eigenvalue weighted by Crippen LogP contribution is 2.19. The van der Waals surface area contributed by atoms with Gasteiger partial charge < -0.3 is 9.80 Å². The van der Waals surface area contributed by atoms with Crippen molar-refractivity contribution in [2.24, 2.45) is 0 Å². The normalized spacial score (nSPS) is 15.0. The number of rotatable bonds is 2. The third-order valence-corrected chi connectivity index (χ3v) is 4.86. The third-order valence-electron chi connectivity index (χ3n) is 4.39. The van der Waals surface area contributed by atoms with E-state index in [1.807, 2.05) is 30.2 Å². The third kappa shape index (κ3) is 2.97. The molecule has 4 rings (SSSR count). The fourth-order valence-electron chi connectivity index (χ4n) is 3.10. The lowest BCUT2D eigenvalue weighted by Crippen LogP contribution is -2.49. The van der Waals surface area contributed by atoms with Gasteiger partial charge in [-0.25, -0.2) is 14.5 Å². The first-order valence-electron chi connectivity index (χ1n) is 8.09. The van der Waals surface area contributed by atoms with Crippen LogP contribution in [0.3, 0.4) is 0 Å². The summed E-state index contributed by atoms with van der Waals surface area (Å²) in [6, 6.07) is 5.77. The van der Waals surface area contributed by atoms with Gasteiger partial charge in [-0.05, 0) is 41.1 Å². The summed E-state index contributed by atoms with van der Waals surface area (Å²) in [5, 5.41) is 4.38. The van der Waals surface area contributed by atoms with Crippen LogP contribution in [0.4, 0.5) is 5.82 Å². The van der Waals surface area contributed by atoms with Gasteiger partial charge in [0.1, 0.15) is 11.4 Å². The van der Waals surface area contributed by atoms with Crippen LogP contribution in [0.15, 0.2) is 41.3 Å². The fourth-order valence-corrected chi connectivity index (χ4v) is 3.33. The number of hydrogen-bond donors (Lipinski definition) is 0. The van der Waals surface area contributed by atoms with Gasteiger partial charge in [-0.3, -0.25) is 4.79 Å². The number of pyridine rings is 1. The summed E-state index contributed by atoms with van der Waals surface area (Å²) in [4.78, 5) is 25.8. The van der Waals surface area contributed by atoms with Crippen LogP contribution in [0, 0.1) is 6.92 Å². The Balaban J connectivity index is 1.51. The van der Waals surface area contributed by atoms with Crippen LogP contribution in [0.1, 0.15) is 16.1 Å². The Bertz CT molecular complexity index is 915. The number of aryl methyl sites for hydroxylation is 1. The van der Waals surface area contributed by atoms with E-state index in [2.05, 4.69) is 35.9 Å². The predicted molar refractivity (Wildman–Crippen MR) is 97.8 cm³/mol. The van der Waals surface area contributed by atoms with Crippen molar-refractivity contribution in [2.75, 3.05) is 31.1 Å². The van der Waals surface area contributed by atoms with Gasteiger partial charge in [0.25, 0.3) is 5.91 Å². The number of aromatic nitrogens is 4. The predicted octanol–water partition coefficient (Wildman–Crippen LogP) is 2.16. The number of fused-ring (bicyclic) bond motifs is 1. The van der Waals surface area contributed by atoms with Crippen molar-refractivity contribution in [1.29, 1.82) is 0 Å². The van der Waals surface area contributed by atoms with Crippen LogP contribution in [0.5, 0.6) is 0 Å². The molecule has 1 saturated heterocycles. The lowest BCUT2D eigenvalue weighted by atomic mass is 10.2. The molecule has 3 aromatic rings. The molecule has 1 aliphatic heterocycles. The lowest BCUT2D eigenvalue weighted by Gasteiger charge is -2.35. The molecule has 0 atom stereocenters. The van der Waals surface area contributed by atoms with E-state index in [-0.39, 0.29) is 5.91 Å². The van der Waals surface area contributed by atoms with E-state index in [9.17, 15) is 4.79 Å². The highest BCUT2D eigenvalue weighted by Gasteiger charge is 2.27. The number of nitrogens with zero attached hydrogens (tertiary/aromatic N) is 6. The summed E-state index contributed by atoms with van der Waals surface area (Å²) < 4.78 is 2.62. The largest absolute Gasteiger partial charge is 0.353 e. The smallest absolute Gasteiger partial charge is 0.259 e. The Hall–Kier alpha value is -2.48. The topological polar surface area (TPSA) is 66.6 Å². The Kier molecular flexibility index (Phi) is 4.12. The average molecular weight is 401 g/mol. The van der Waals surface area contributed by atoms with E-state index >= 15 is 0 Å². The molecule has 0 bridgehead atoms. The second-order valence-electron chi connectivity index (χ2n) is 5.96. The first-order valence-corrected chi connectivity index (χ1v) is 8.88.